The second-order valence-corrected chi connectivity index (χ2v) is 5.92. The molecule has 1 saturated carbocycles. The Labute approximate surface area is 91.0 Å². The molecule has 3 heteroatoms. The lowest BCUT2D eigenvalue weighted by molar-refractivity contribution is -0.125. The first kappa shape index (κ1) is 9.64. The van der Waals surface area contributed by atoms with E-state index in [1.54, 1.807) is 0 Å². The van der Waals surface area contributed by atoms with Gasteiger partial charge in [0.25, 0.3) is 0 Å². The van der Waals surface area contributed by atoms with E-state index >= 15 is 0 Å². The molecule has 2 aliphatic heterocycles. The zero-order valence-electron chi connectivity index (χ0n) is 9.38. The molecule has 0 aromatic carbocycles. The van der Waals surface area contributed by atoms with Gasteiger partial charge in [-0.1, -0.05) is 6.92 Å². The fourth-order valence-electron chi connectivity index (χ4n) is 2.94. The Hall–Kier alpha value is -0.570. The van der Waals surface area contributed by atoms with Crippen LogP contribution in [0, 0.1) is 11.3 Å². The molecular weight excluding hydrogens is 188 g/mol. The summed E-state index contributed by atoms with van der Waals surface area (Å²) in [5.74, 6) is 0.550. The number of nitrogens with one attached hydrogen (secondary N) is 2. The Bertz CT molecular complexity index is 285. The largest absolute Gasteiger partial charge is 0.355 e. The predicted molar refractivity (Wildman–Crippen MR) is 58.4 cm³/mol. The van der Waals surface area contributed by atoms with Crippen molar-refractivity contribution < 1.29 is 4.79 Å². The highest BCUT2D eigenvalue weighted by atomic mass is 16.1. The van der Waals surface area contributed by atoms with E-state index in [2.05, 4.69) is 17.6 Å². The van der Waals surface area contributed by atoms with Gasteiger partial charge in [-0.3, -0.25) is 4.79 Å². The summed E-state index contributed by atoms with van der Waals surface area (Å²) in [6.45, 7) is 3.14. The van der Waals surface area contributed by atoms with E-state index in [1.807, 2.05) is 0 Å². The summed E-state index contributed by atoms with van der Waals surface area (Å²) in [5, 5.41) is 6.64. The molecule has 3 unspecified atom stereocenters. The standard InChI is InChI=1S/C12H20N2O/c1-12(4-5-12)7-13-11(15)9-6-8-2-3-10(9)14-8/h8-10,14H,2-7H2,1H3,(H,13,15). The predicted octanol–water partition coefficient (Wildman–Crippen LogP) is 1.04. The Morgan fingerprint density at radius 2 is 2.27 bits per heavy atom. The van der Waals surface area contributed by atoms with Crippen LogP contribution in [-0.4, -0.2) is 24.5 Å². The van der Waals surface area contributed by atoms with Gasteiger partial charge in [-0.05, 0) is 37.5 Å². The third kappa shape index (κ3) is 1.78. The second-order valence-electron chi connectivity index (χ2n) is 5.92. The lowest BCUT2D eigenvalue weighted by atomic mass is 9.88. The molecule has 0 aromatic rings. The van der Waals surface area contributed by atoms with Crippen molar-refractivity contribution in [1.29, 1.82) is 0 Å². The van der Waals surface area contributed by atoms with Gasteiger partial charge in [-0.25, -0.2) is 0 Å². The SMILES string of the molecule is CC1(CNC(=O)C2CC3CCC2N3)CC1. The summed E-state index contributed by atoms with van der Waals surface area (Å²) in [6, 6.07) is 1.10. The van der Waals surface area contributed by atoms with Crippen molar-refractivity contribution in [2.45, 2.75) is 51.1 Å². The summed E-state index contributed by atoms with van der Waals surface area (Å²) in [4.78, 5) is 12.0. The molecule has 0 aromatic heterocycles. The first-order chi connectivity index (χ1) is 7.16. The zero-order valence-corrected chi connectivity index (χ0v) is 9.38. The lowest BCUT2D eigenvalue weighted by Gasteiger charge is -2.20. The number of hydrogen-bond acceptors (Lipinski definition) is 2. The van der Waals surface area contributed by atoms with Crippen molar-refractivity contribution in [3.63, 3.8) is 0 Å². The molecule has 1 amide bonds. The van der Waals surface area contributed by atoms with Gasteiger partial charge in [0.15, 0.2) is 0 Å². The van der Waals surface area contributed by atoms with Gasteiger partial charge < -0.3 is 10.6 Å². The van der Waals surface area contributed by atoms with Gasteiger partial charge in [-0.15, -0.1) is 0 Å². The fraction of sp³-hybridized carbons (Fsp3) is 0.917. The fourth-order valence-corrected chi connectivity index (χ4v) is 2.94. The van der Waals surface area contributed by atoms with Crippen molar-refractivity contribution in [2.24, 2.45) is 11.3 Å². The highest BCUT2D eigenvalue weighted by Crippen LogP contribution is 2.44. The second kappa shape index (κ2) is 3.21. The quantitative estimate of drug-likeness (QED) is 0.727. The van der Waals surface area contributed by atoms with E-state index in [1.165, 1.54) is 25.7 Å². The molecule has 2 heterocycles. The molecule has 0 radical (unpaired) electrons. The molecule has 2 bridgehead atoms. The zero-order chi connectivity index (χ0) is 10.5. The third-order valence-corrected chi connectivity index (χ3v) is 4.43. The van der Waals surface area contributed by atoms with E-state index in [0.29, 0.717) is 23.4 Å². The van der Waals surface area contributed by atoms with Crippen LogP contribution in [0.1, 0.15) is 39.0 Å². The Kier molecular flexibility index (Phi) is 2.06. The van der Waals surface area contributed by atoms with Crippen molar-refractivity contribution in [2.75, 3.05) is 6.54 Å². The maximum Gasteiger partial charge on any atom is 0.224 e. The average Bonchev–Trinajstić information content (AvgIpc) is 2.69. The van der Waals surface area contributed by atoms with E-state index in [0.717, 1.165) is 13.0 Å². The minimum Gasteiger partial charge on any atom is -0.355 e. The molecule has 3 rings (SSSR count). The molecule has 1 aliphatic carbocycles. The molecule has 15 heavy (non-hydrogen) atoms. The maximum atomic E-state index is 12.0. The Morgan fingerprint density at radius 3 is 2.80 bits per heavy atom. The van der Waals surface area contributed by atoms with Gasteiger partial charge in [0.2, 0.25) is 5.91 Å². The van der Waals surface area contributed by atoms with Crippen molar-refractivity contribution in [3.05, 3.63) is 0 Å². The van der Waals surface area contributed by atoms with Gasteiger partial charge in [0.1, 0.15) is 0 Å². The van der Waals surface area contributed by atoms with Crippen LogP contribution >= 0.6 is 0 Å². The van der Waals surface area contributed by atoms with Gasteiger partial charge >= 0.3 is 0 Å². The Balaban J connectivity index is 1.52. The van der Waals surface area contributed by atoms with E-state index in [9.17, 15) is 4.79 Å². The molecule has 2 saturated heterocycles. The third-order valence-electron chi connectivity index (χ3n) is 4.43. The summed E-state index contributed by atoms with van der Waals surface area (Å²) in [7, 11) is 0. The summed E-state index contributed by atoms with van der Waals surface area (Å²) in [5.41, 5.74) is 0.431. The number of carbonyl (C=O) groups is 1. The van der Waals surface area contributed by atoms with Crippen LogP contribution in [0.4, 0.5) is 0 Å². The van der Waals surface area contributed by atoms with Crippen LogP contribution in [0.2, 0.25) is 0 Å². The van der Waals surface area contributed by atoms with Crippen molar-refractivity contribution in [1.82, 2.24) is 10.6 Å². The minimum atomic E-state index is 0.256. The monoisotopic (exact) mass is 208 g/mol. The van der Waals surface area contributed by atoms with Crippen LogP contribution in [0.5, 0.6) is 0 Å². The maximum absolute atomic E-state index is 12.0. The summed E-state index contributed by atoms with van der Waals surface area (Å²) >= 11 is 0. The number of hydrogen-bond donors (Lipinski definition) is 2. The average molecular weight is 208 g/mol. The van der Waals surface area contributed by atoms with Crippen LogP contribution in [0.15, 0.2) is 0 Å². The van der Waals surface area contributed by atoms with Crippen LogP contribution in [0.3, 0.4) is 0 Å². The smallest absolute Gasteiger partial charge is 0.224 e. The molecule has 3 fully saturated rings. The molecule has 84 valence electrons. The topological polar surface area (TPSA) is 41.1 Å². The number of amides is 1. The van der Waals surface area contributed by atoms with Crippen LogP contribution in [-0.2, 0) is 4.79 Å². The first-order valence-electron chi connectivity index (χ1n) is 6.20. The van der Waals surface area contributed by atoms with E-state index < -0.39 is 0 Å². The minimum absolute atomic E-state index is 0.256. The van der Waals surface area contributed by atoms with Gasteiger partial charge in [-0.2, -0.15) is 0 Å². The first-order valence-corrected chi connectivity index (χ1v) is 6.20. The number of rotatable bonds is 3. The summed E-state index contributed by atoms with van der Waals surface area (Å²) in [6.07, 6.45) is 6.09. The molecule has 3 aliphatic rings. The van der Waals surface area contributed by atoms with Crippen LogP contribution < -0.4 is 10.6 Å². The van der Waals surface area contributed by atoms with E-state index in [-0.39, 0.29) is 5.92 Å². The lowest BCUT2D eigenvalue weighted by Crippen LogP contribution is -2.39. The molecule has 3 nitrogen and oxygen atoms in total. The molecule has 3 atom stereocenters. The molecule has 0 spiro atoms. The molecule has 2 N–H and O–H groups in total. The van der Waals surface area contributed by atoms with Crippen molar-refractivity contribution in [3.8, 4) is 0 Å². The highest BCUT2D eigenvalue weighted by Gasteiger charge is 2.44. The normalized spacial score (nSPS) is 40.5. The van der Waals surface area contributed by atoms with Gasteiger partial charge in [0, 0.05) is 18.6 Å². The Morgan fingerprint density at radius 1 is 1.47 bits per heavy atom. The molecular formula is C12H20N2O. The van der Waals surface area contributed by atoms with E-state index in [4.69, 9.17) is 0 Å². The highest BCUT2D eigenvalue weighted by molar-refractivity contribution is 5.80. The van der Waals surface area contributed by atoms with Crippen LogP contribution in [0.25, 0.3) is 0 Å². The van der Waals surface area contributed by atoms with Crippen molar-refractivity contribution >= 4 is 5.91 Å². The number of carbonyl (C=O) groups excluding carboxylic acids is 1. The van der Waals surface area contributed by atoms with Gasteiger partial charge in [0.05, 0.1) is 5.92 Å². The summed E-state index contributed by atoms with van der Waals surface area (Å²) < 4.78 is 0. The number of fused-ring (bicyclic) bond motifs is 2.